The van der Waals surface area contributed by atoms with Gasteiger partial charge in [0, 0.05) is 30.2 Å². The summed E-state index contributed by atoms with van der Waals surface area (Å²) in [6.07, 6.45) is 2.73. The van der Waals surface area contributed by atoms with E-state index in [-0.39, 0.29) is 11.6 Å². The summed E-state index contributed by atoms with van der Waals surface area (Å²) in [5, 5.41) is 4.09. The molecule has 2 N–H and O–H groups in total. The molecule has 2 amide bonds. The average Bonchev–Trinajstić information content (AvgIpc) is 2.97. The van der Waals surface area contributed by atoms with Crippen molar-refractivity contribution in [1.82, 2.24) is 15.2 Å². The Morgan fingerprint density at radius 1 is 1.46 bits per heavy atom. The molecule has 1 aromatic carbocycles. The van der Waals surface area contributed by atoms with Crippen molar-refractivity contribution in [2.75, 3.05) is 33.4 Å². The number of carbonyl (C=O) groups excluding carboxylic acids is 1. The second-order valence-corrected chi connectivity index (χ2v) is 6.71. The molecular weight excluding hydrogens is 306 g/mol. The summed E-state index contributed by atoms with van der Waals surface area (Å²) in [5.41, 5.74) is 1.91. The standard InChI is InChI=1S/C18H25N3O3/c1-18(2)12-21(9-10-24-18)17(22)19-8-7-13-11-20-14-5-4-6-15(23-3)16(13)14/h4-6,11,20H,7-10,12H2,1-3H3,(H,19,22). The average molecular weight is 331 g/mol. The highest BCUT2D eigenvalue weighted by Gasteiger charge is 2.29. The van der Waals surface area contributed by atoms with E-state index in [0.717, 1.165) is 28.6 Å². The van der Waals surface area contributed by atoms with Crippen molar-refractivity contribution < 1.29 is 14.3 Å². The first-order valence-electron chi connectivity index (χ1n) is 8.30. The third-order valence-corrected chi connectivity index (χ3v) is 4.35. The molecule has 1 saturated heterocycles. The van der Waals surface area contributed by atoms with E-state index in [1.165, 1.54) is 0 Å². The predicted octanol–water partition coefficient (Wildman–Crippen LogP) is 2.54. The highest BCUT2D eigenvalue weighted by Crippen LogP contribution is 2.28. The molecule has 0 unspecified atom stereocenters. The van der Waals surface area contributed by atoms with E-state index in [1.807, 2.05) is 43.1 Å². The maximum Gasteiger partial charge on any atom is 0.317 e. The quantitative estimate of drug-likeness (QED) is 0.905. The van der Waals surface area contributed by atoms with Crippen molar-refractivity contribution >= 4 is 16.9 Å². The van der Waals surface area contributed by atoms with Crippen LogP contribution in [0.5, 0.6) is 5.75 Å². The number of fused-ring (bicyclic) bond motifs is 1. The maximum atomic E-state index is 12.3. The third kappa shape index (κ3) is 3.48. The lowest BCUT2D eigenvalue weighted by molar-refractivity contribution is -0.0733. The highest BCUT2D eigenvalue weighted by molar-refractivity contribution is 5.89. The lowest BCUT2D eigenvalue weighted by atomic mass is 10.1. The molecule has 0 bridgehead atoms. The van der Waals surface area contributed by atoms with E-state index >= 15 is 0 Å². The monoisotopic (exact) mass is 331 g/mol. The molecule has 2 aromatic rings. The fourth-order valence-electron chi connectivity index (χ4n) is 3.19. The van der Waals surface area contributed by atoms with Gasteiger partial charge in [-0.25, -0.2) is 4.79 Å². The first-order valence-corrected chi connectivity index (χ1v) is 8.30. The van der Waals surface area contributed by atoms with Crippen molar-refractivity contribution in [3.63, 3.8) is 0 Å². The number of carbonyl (C=O) groups is 1. The fraction of sp³-hybridized carbons (Fsp3) is 0.500. The van der Waals surface area contributed by atoms with Crippen molar-refractivity contribution in [3.8, 4) is 5.75 Å². The largest absolute Gasteiger partial charge is 0.496 e. The van der Waals surface area contributed by atoms with Crippen molar-refractivity contribution in [3.05, 3.63) is 30.0 Å². The van der Waals surface area contributed by atoms with Crippen LogP contribution in [-0.4, -0.2) is 54.9 Å². The molecule has 2 heterocycles. The molecule has 130 valence electrons. The molecule has 6 nitrogen and oxygen atoms in total. The Hall–Kier alpha value is -2.21. The number of hydrogen-bond acceptors (Lipinski definition) is 3. The van der Waals surface area contributed by atoms with Crippen LogP contribution in [0, 0.1) is 0 Å². The molecule has 1 aliphatic rings. The summed E-state index contributed by atoms with van der Waals surface area (Å²) < 4.78 is 11.1. The van der Waals surface area contributed by atoms with Gasteiger partial charge in [-0.3, -0.25) is 0 Å². The lowest BCUT2D eigenvalue weighted by Crippen LogP contribution is -2.53. The predicted molar refractivity (Wildman–Crippen MR) is 93.6 cm³/mol. The topological polar surface area (TPSA) is 66.6 Å². The number of aromatic amines is 1. The Bertz CT molecular complexity index is 723. The number of amides is 2. The summed E-state index contributed by atoms with van der Waals surface area (Å²) in [5.74, 6) is 0.852. The van der Waals surface area contributed by atoms with E-state index in [9.17, 15) is 4.79 Å². The normalized spacial score (nSPS) is 17.0. The fourth-order valence-corrected chi connectivity index (χ4v) is 3.19. The number of nitrogens with one attached hydrogen (secondary N) is 2. The Labute approximate surface area is 142 Å². The van der Waals surface area contributed by atoms with Gasteiger partial charge < -0.3 is 24.7 Å². The molecule has 0 saturated carbocycles. The number of morpholine rings is 1. The van der Waals surface area contributed by atoms with Crippen LogP contribution >= 0.6 is 0 Å². The van der Waals surface area contributed by atoms with E-state index in [0.29, 0.717) is 26.2 Å². The minimum absolute atomic E-state index is 0.0295. The molecule has 0 spiro atoms. The van der Waals surface area contributed by atoms with Gasteiger partial charge in [-0.2, -0.15) is 0 Å². The third-order valence-electron chi connectivity index (χ3n) is 4.35. The van der Waals surface area contributed by atoms with E-state index in [4.69, 9.17) is 9.47 Å². The van der Waals surface area contributed by atoms with Crippen LogP contribution in [0.25, 0.3) is 10.9 Å². The smallest absolute Gasteiger partial charge is 0.317 e. The summed E-state index contributed by atoms with van der Waals surface area (Å²) in [4.78, 5) is 17.4. The van der Waals surface area contributed by atoms with Gasteiger partial charge in [-0.15, -0.1) is 0 Å². The minimum Gasteiger partial charge on any atom is -0.496 e. The van der Waals surface area contributed by atoms with Crippen molar-refractivity contribution in [2.24, 2.45) is 0 Å². The molecule has 0 aliphatic carbocycles. The Morgan fingerprint density at radius 3 is 3.04 bits per heavy atom. The van der Waals surface area contributed by atoms with Gasteiger partial charge in [0.2, 0.25) is 0 Å². The zero-order chi connectivity index (χ0) is 17.2. The second kappa shape index (κ2) is 6.73. The number of urea groups is 1. The number of nitrogens with zero attached hydrogens (tertiary/aromatic N) is 1. The van der Waals surface area contributed by atoms with Crippen LogP contribution in [-0.2, 0) is 11.2 Å². The number of methoxy groups -OCH3 is 1. The molecule has 0 atom stereocenters. The lowest BCUT2D eigenvalue weighted by Gasteiger charge is -2.38. The second-order valence-electron chi connectivity index (χ2n) is 6.71. The summed E-state index contributed by atoms with van der Waals surface area (Å²) in [6.45, 7) is 6.42. The van der Waals surface area contributed by atoms with Crippen LogP contribution in [0.3, 0.4) is 0 Å². The SMILES string of the molecule is COc1cccc2[nH]cc(CCNC(=O)N3CCOC(C)(C)C3)c12. The van der Waals surface area contributed by atoms with Gasteiger partial charge in [0.25, 0.3) is 0 Å². The van der Waals surface area contributed by atoms with Crippen LogP contribution in [0.15, 0.2) is 24.4 Å². The minimum atomic E-state index is -0.278. The number of aromatic nitrogens is 1. The Morgan fingerprint density at radius 2 is 2.29 bits per heavy atom. The van der Waals surface area contributed by atoms with Crippen molar-refractivity contribution in [2.45, 2.75) is 25.9 Å². The van der Waals surface area contributed by atoms with Gasteiger partial charge in [-0.05, 0) is 38.0 Å². The van der Waals surface area contributed by atoms with Gasteiger partial charge in [0.05, 0.1) is 25.9 Å². The first kappa shape index (κ1) is 16.6. The molecule has 1 fully saturated rings. The number of benzene rings is 1. The Kier molecular flexibility index (Phi) is 4.66. The van der Waals surface area contributed by atoms with E-state index in [1.54, 1.807) is 7.11 Å². The number of ether oxygens (including phenoxy) is 2. The van der Waals surface area contributed by atoms with Crippen LogP contribution in [0.2, 0.25) is 0 Å². The van der Waals surface area contributed by atoms with Gasteiger partial charge >= 0.3 is 6.03 Å². The van der Waals surface area contributed by atoms with Gasteiger partial charge in [0.15, 0.2) is 0 Å². The summed E-state index contributed by atoms with van der Waals surface area (Å²) in [6, 6.07) is 5.91. The zero-order valence-corrected chi connectivity index (χ0v) is 14.5. The molecule has 24 heavy (non-hydrogen) atoms. The van der Waals surface area contributed by atoms with Crippen molar-refractivity contribution in [1.29, 1.82) is 0 Å². The number of hydrogen-bond donors (Lipinski definition) is 2. The summed E-state index contributed by atoms with van der Waals surface area (Å²) in [7, 11) is 1.67. The van der Waals surface area contributed by atoms with Crippen LogP contribution in [0.1, 0.15) is 19.4 Å². The first-order chi connectivity index (χ1) is 11.5. The van der Waals surface area contributed by atoms with Gasteiger partial charge in [0.1, 0.15) is 5.75 Å². The molecule has 1 aromatic heterocycles. The molecule has 6 heteroatoms. The summed E-state index contributed by atoms with van der Waals surface area (Å²) >= 11 is 0. The highest BCUT2D eigenvalue weighted by atomic mass is 16.5. The maximum absolute atomic E-state index is 12.3. The molecular formula is C18H25N3O3. The molecule has 0 radical (unpaired) electrons. The zero-order valence-electron chi connectivity index (χ0n) is 14.5. The Balaban J connectivity index is 1.60. The van der Waals surface area contributed by atoms with E-state index < -0.39 is 0 Å². The van der Waals surface area contributed by atoms with E-state index in [2.05, 4.69) is 10.3 Å². The number of rotatable bonds is 4. The van der Waals surface area contributed by atoms with Crippen LogP contribution < -0.4 is 10.1 Å². The van der Waals surface area contributed by atoms with Gasteiger partial charge in [-0.1, -0.05) is 6.07 Å². The number of H-pyrrole nitrogens is 1. The molecule has 1 aliphatic heterocycles. The molecule has 3 rings (SSSR count). The van der Waals surface area contributed by atoms with Crippen LogP contribution in [0.4, 0.5) is 4.79 Å².